The van der Waals surface area contributed by atoms with Gasteiger partial charge in [-0.15, -0.1) is 0 Å². The molecule has 2 aromatic heterocycles. The highest BCUT2D eigenvalue weighted by Gasteiger charge is 2.40. The summed E-state index contributed by atoms with van der Waals surface area (Å²) in [6.07, 6.45) is -8.27. The fourth-order valence-corrected chi connectivity index (χ4v) is 3.37. The molecule has 0 aliphatic rings. The van der Waals surface area contributed by atoms with Crippen LogP contribution in [0.1, 0.15) is 35.1 Å². The highest BCUT2D eigenvalue weighted by Crippen LogP contribution is 2.38. The number of ether oxygens (including phenoxy) is 1. The Bertz CT molecular complexity index is 1290. The predicted molar refractivity (Wildman–Crippen MR) is 117 cm³/mol. The van der Waals surface area contributed by atoms with Gasteiger partial charge in [0, 0.05) is 35.4 Å². The highest BCUT2D eigenvalue weighted by molar-refractivity contribution is 6.11. The van der Waals surface area contributed by atoms with E-state index in [0.29, 0.717) is 4.90 Å². The summed E-state index contributed by atoms with van der Waals surface area (Å²) >= 11 is 0. The van der Waals surface area contributed by atoms with Crippen molar-refractivity contribution in [3.8, 4) is 16.9 Å². The van der Waals surface area contributed by atoms with Crippen LogP contribution in [0.15, 0.2) is 48.8 Å². The number of pyridine rings is 2. The fourth-order valence-electron chi connectivity index (χ4n) is 3.37. The Hall–Kier alpha value is -4.03. The zero-order valence-corrected chi connectivity index (χ0v) is 19.2. The number of Topliss-reactive ketones (excluding diaryl/α,β-unsaturated/α-hetero) is 1. The number of halogens is 7. The molecule has 1 amide bonds. The van der Waals surface area contributed by atoms with E-state index in [1.165, 1.54) is 32.4 Å². The lowest BCUT2D eigenvalue weighted by Gasteiger charge is -2.25. The zero-order valence-electron chi connectivity index (χ0n) is 19.2. The van der Waals surface area contributed by atoms with Gasteiger partial charge in [-0.25, -0.2) is 9.37 Å². The van der Waals surface area contributed by atoms with Crippen molar-refractivity contribution >= 4 is 17.4 Å². The van der Waals surface area contributed by atoms with E-state index in [2.05, 4.69) is 9.97 Å². The number of nitrogens with zero attached hydrogens (tertiary/aromatic N) is 3. The van der Waals surface area contributed by atoms with E-state index in [1.54, 1.807) is 0 Å². The van der Waals surface area contributed by atoms with Gasteiger partial charge >= 0.3 is 12.4 Å². The number of ketones is 1. The first-order valence-corrected chi connectivity index (χ1v) is 10.5. The number of amides is 1. The first kappa shape index (κ1) is 27.6. The van der Waals surface area contributed by atoms with Crippen molar-refractivity contribution in [3.05, 3.63) is 71.6 Å². The molecular formula is C24H18F7N3O3. The SMILES string of the molecule is CCC(=O)CN(C(=O)c1cc(C(F)(F)F)nc(C(F)(F)F)c1)c1cnccc1-c1ccc(F)cc1OC. The number of rotatable bonds is 7. The summed E-state index contributed by atoms with van der Waals surface area (Å²) in [6, 6.07) is 5.14. The van der Waals surface area contributed by atoms with Crippen LogP contribution in [-0.4, -0.2) is 35.3 Å². The van der Waals surface area contributed by atoms with Crippen LogP contribution in [0.2, 0.25) is 0 Å². The van der Waals surface area contributed by atoms with Crippen LogP contribution in [0, 0.1) is 5.82 Å². The highest BCUT2D eigenvalue weighted by atomic mass is 19.4. The summed E-state index contributed by atoms with van der Waals surface area (Å²) in [4.78, 5) is 33.0. The molecule has 0 saturated heterocycles. The maximum absolute atomic E-state index is 13.8. The molecule has 37 heavy (non-hydrogen) atoms. The molecule has 0 saturated carbocycles. The zero-order chi connectivity index (χ0) is 27.5. The molecule has 0 aliphatic heterocycles. The summed E-state index contributed by atoms with van der Waals surface area (Å²) in [6.45, 7) is 0.774. The summed E-state index contributed by atoms with van der Waals surface area (Å²) in [5.74, 6) is -2.52. The van der Waals surface area contributed by atoms with Gasteiger partial charge in [-0.05, 0) is 30.3 Å². The van der Waals surface area contributed by atoms with Gasteiger partial charge in [0.1, 0.15) is 23.0 Å². The molecule has 1 aromatic carbocycles. The van der Waals surface area contributed by atoms with Crippen molar-refractivity contribution in [1.82, 2.24) is 9.97 Å². The minimum absolute atomic E-state index is 0.0179. The van der Waals surface area contributed by atoms with Crippen molar-refractivity contribution in [1.29, 1.82) is 0 Å². The van der Waals surface area contributed by atoms with Gasteiger partial charge in [-0.1, -0.05) is 6.92 Å². The Labute approximate surface area is 205 Å². The normalized spacial score (nSPS) is 11.8. The molecule has 13 heteroatoms. The third-order valence-electron chi connectivity index (χ3n) is 5.17. The van der Waals surface area contributed by atoms with Gasteiger partial charge in [0.2, 0.25) is 0 Å². The number of anilines is 1. The Morgan fingerprint density at radius 3 is 2.11 bits per heavy atom. The number of aromatic nitrogens is 2. The molecule has 3 aromatic rings. The standard InChI is InChI=1S/C24H18F7N3O3/c1-3-15(35)12-34(18-11-32-7-6-16(18)17-5-4-14(25)10-19(17)37-2)22(36)13-8-20(23(26,27)28)33-21(9-13)24(29,30)31/h4-11H,3,12H2,1-2H3. The quantitative estimate of drug-likeness (QED) is 0.354. The maximum Gasteiger partial charge on any atom is 0.433 e. The van der Waals surface area contributed by atoms with E-state index in [0.717, 1.165) is 18.3 Å². The van der Waals surface area contributed by atoms with Crippen LogP contribution in [-0.2, 0) is 17.1 Å². The average Bonchev–Trinajstić information content (AvgIpc) is 2.85. The van der Waals surface area contributed by atoms with E-state index >= 15 is 0 Å². The van der Waals surface area contributed by atoms with Gasteiger partial charge in [-0.2, -0.15) is 26.3 Å². The monoisotopic (exact) mass is 529 g/mol. The van der Waals surface area contributed by atoms with Gasteiger partial charge in [-0.3, -0.25) is 19.5 Å². The molecular weight excluding hydrogens is 511 g/mol. The third-order valence-corrected chi connectivity index (χ3v) is 5.17. The van der Waals surface area contributed by atoms with E-state index in [-0.39, 0.29) is 41.1 Å². The van der Waals surface area contributed by atoms with E-state index < -0.39 is 53.4 Å². The third kappa shape index (κ3) is 6.22. The molecule has 3 rings (SSSR count). The molecule has 0 fully saturated rings. The lowest BCUT2D eigenvalue weighted by molar-refractivity contribution is -0.150. The molecule has 0 atom stereocenters. The van der Waals surface area contributed by atoms with Gasteiger partial charge < -0.3 is 4.74 Å². The van der Waals surface area contributed by atoms with Crippen molar-refractivity contribution in [2.75, 3.05) is 18.6 Å². The van der Waals surface area contributed by atoms with Crippen LogP contribution in [0.5, 0.6) is 5.75 Å². The minimum atomic E-state index is -5.29. The van der Waals surface area contributed by atoms with Gasteiger partial charge in [0.15, 0.2) is 5.78 Å². The molecule has 0 spiro atoms. The van der Waals surface area contributed by atoms with E-state index in [4.69, 9.17) is 4.74 Å². The molecule has 0 N–H and O–H groups in total. The molecule has 0 radical (unpaired) electrons. The number of alkyl halides is 6. The number of hydrogen-bond acceptors (Lipinski definition) is 5. The Morgan fingerprint density at radius 2 is 1.57 bits per heavy atom. The van der Waals surface area contributed by atoms with Crippen LogP contribution < -0.4 is 9.64 Å². The Kier molecular flexibility index (Phi) is 7.84. The van der Waals surface area contributed by atoms with Crippen molar-refractivity contribution in [2.45, 2.75) is 25.7 Å². The largest absolute Gasteiger partial charge is 0.496 e. The Morgan fingerprint density at radius 1 is 0.946 bits per heavy atom. The van der Waals surface area contributed by atoms with Crippen LogP contribution in [0.25, 0.3) is 11.1 Å². The molecule has 6 nitrogen and oxygen atoms in total. The van der Waals surface area contributed by atoms with Gasteiger partial charge in [0.05, 0.1) is 25.5 Å². The van der Waals surface area contributed by atoms with Crippen LogP contribution >= 0.6 is 0 Å². The topological polar surface area (TPSA) is 72.4 Å². The summed E-state index contributed by atoms with van der Waals surface area (Å²) in [5, 5.41) is 0. The number of benzene rings is 1. The number of carbonyl (C=O) groups is 2. The first-order valence-electron chi connectivity index (χ1n) is 10.5. The molecule has 0 unspecified atom stereocenters. The smallest absolute Gasteiger partial charge is 0.433 e. The summed E-state index contributed by atoms with van der Waals surface area (Å²) < 4.78 is 98.9. The maximum atomic E-state index is 13.8. The van der Waals surface area contributed by atoms with Crippen molar-refractivity contribution in [3.63, 3.8) is 0 Å². The molecule has 196 valence electrons. The van der Waals surface area contributed by atoms with Crippen molar-refractivity contribution in [2.24, 2.45) is 0 Å². The lowest BCUT2D eigenvalue weighted by atomic mass is 10.0. The lowest BCUT2D eigenvalue weighted by Crippen LogP contribution is -2.36. The van der Waals surface area contributed by atoms with Crippen LogP contribution in [0.3, 0.4) is 0 Å². The van der Waals surface area contributed by atoms with Gasteiger partial charge in [0.25, 0.3) is 5.91 Å². The average molecular weight is 529 g/mol. The second kappa shape index (κ2) is 10.5. The summed E-state index contributed by atoms with van der Waals surface area (Å²) in [5.41, 5.74) is -4.61. The number of methoxy groups -OCH3 is 1. The minimum Gasteiger partial charge on any atom is -0.496 e. The number of carbonyl (C=O) groups excluding carboxylic acids is 2. The Balaban J connectivity index is 2.24. The number of hydrogen-bond donors (Lipinski definition) is 0. The molecule has 2 heterocycles. The second-order valence-electron chi connectivity index (χ2n) is 7.64. The molecule has 0 aliphatic carbocycles. The fraction of sp³-hybridized carbons (Fsp3) is 0.250. The van der Waals surface area contributed by atoms with Crippen molar-refractivity contribution < 1.29 is 45.1 Å². The summed E-state index contributed by atoms with van der Waals surface area (Å²) in [7, 11) is 1.25. The predicted octanol–water partition coefficient (Wildman–Crippen LogP) is 5.95. The van der Waals surface area contributed by atoms with E-state index in [1.807, 2.05) is 0 Å². The first-order chi connectivity index (χ1) is 17.3. The van der Waals surface area contributed by atoms with Crippen LogP contribution in [0.4, 0.5) is 36.4 Å². The molecule has 0 bridgehead atoms. The van der Waals surface area contributed by atoms with E-state index in [9.17, 15) is 40.3 Å². The second-order valence-corrected chi connectivity index (χ2v) is 7.64.